The Kier molecular flexibility index (Phi) is 5.64. The molecule has 0 atom stereocenters. The van der Waals surface area contributed by atoms with Crippen LogP contribution in [0.15, 0.2) is 35.3 Å². The Labute approximate surface area is 155 Å². The SMILES string of the molecule is CC(C)Cn1cc(NC(=O)N(C)C2CCCCC2)c2ccccc2c1=O. The monoisotopic (exact) mass is 355 g/mol. The maximum Gasteiger partial charge on any atom is 0.321 e. The fourth-order valence-electron chi connectivity index (χ4n) is 3.81. The van der Waals surface area contributed by atoms with Crippen LogP contribution in [-0.4, -0.2) is 28.6 Å². The minimum absolute atomic E-state index is 0.00654. The average Bonchev–Trinajstić information content (AvgIpc) is 2.65. The molecular formula is C21H29N3O2. The molecule has 1 aliphatic carbocycles. The smallest absolute Gasteiger partial charge is 0.321 e. The Hall–Kier alpha value is -2.30. The van der Waals surface area contributed by atoms with E-state index in [1.807, 2.05) is 36.2 Å². The molecule has 3 rings (SSSR count). The summed E-state index contributed by atoms with van der Waals surface area (Å²) in [6.07, 6.45) is 7.55. The van der Waals surface area contributed by atoms with Crippen molar-refractivity contribution in [2.24, 2.45) is 5.92 Å². The highest BCUT2D eigenvalue weighted by Crippen LogP contribution is 2.24. The van der Waals surface area contributed by atoms with Gasteiger partial charge in [-0.2, -0.15) is 0 Å². The minimum atomic E-state index is -0.100. The predicted molar refractivity (Wildman–Crippen MR) is 107 cm³/mol. The molecule has 0 bridgehead atoms. The lowest BCUT2D eigenvalue weighted by molar-refractivity contribution is 0.186. The lowest BCUT2D eigenvalue weighted by Gasteiger charge is -2.31. The fraction of sp³-hybridized carbons (Fsp3) is 0.524. The molecule has 140 valence electrons. The summed E-state index contributed by atoms with van der Waals surface area (Å²) in [7, 11) is 1.87. The Morgan fingerprint density at radius 3 is 2.50 bits per heavy atom. The molecule has 0 radical (unpaired) electrons. The van der Waals surface area contributed by atoms with E-state index in [9.17, 15) is 9.59 Å². The van der Waals surface area contributed by atoms with Gasteiger partial charge in [-0.1, -0.05) is 51.3 Å². The van der Waals surface area contributed by atoms with Crippen LogP contribution in [0, 0.1) is 5.92 Å². The van der Waals surface area contributed by atoms with E-state index in [0.29, 0.717) is 29.6 Å². The zero-order chi connectivity index (χ0) is 18.7. The molecule has 5 nitrogen and oxygen atoms in total. The van der Waals surface area contributed by atoms with Gasteiger partial charge in [-0.25, -0.2) is 4.79 Å². The number of hydrogen-bond donors (Lipinski definition) is 1. The van der Waals surface area contributed by atoms with Crippen LogP contribution in [0.1, 0.15) is 46.0 Å². The number of fused-ring (bicyclic) bond motifs is 1. The van der Waals surface area contributed by atoms with Gasteiger partial charge in [-0.3, -0.25) is 4.79 Å². The number of nitrogens with zero attached hydrogens (tertiary/aromatic N) is 2. The van der Waals surface area contributed by atoms with Crippen LogP contribution < -0.4 is 10.9 Å². The molecule has 1 aliphatic rings. The topological polar surface area (TPSA) is 54.3 Å². The summed E-state index contributed by atoms with van der Waals surface area (Å²) < 4.78 is 1.71. The van der Waals surface area contributed by atoms with E-state index < -0.39 is 0 Å². The second-order valence-electron chi connectivity index (χ2n) is 7.77. The first kappa shape index (κ1) is 18.5. The Bertz CT molecular complexity index is 835. The number of nitrogens with one attached hydrogen (secondary N) is 1. The summed E-state index contributed by atoms with van der Waals surface area (Å²) in [6, 6.07) is 7.69. The van der Waals surface area contributed by atoms with Crippen LogP contribution in [0.25, 0.3) is 10.8 Å². The molecule has 0 unspecified atom stereocenters. The highest BCUT2D eigenvalue weighted by Gasteiger charge is 2.22. The highest BCUT2D eigenvalue weighted by atomic mass is 16.2. The summed E-state index contributed by atoms with van der Waals surface area (Å²) in [4.78, 5) is 27.3. The number of benzene rings is 1. The van der Waals surface area contributed by atoms with Crippen LogP contribution in [0.4, 0.5) is 10.5 Å². The van der Waals surface area contributed by atoms with Crippen molar-refractivity contribution >= 4 is 22.5 Å². The van der Waals surface area contributed by atoms with Crippen molar-refractivity contribution < 1.29 is 4.79 Å². The van der Waals surface area contributed by atoms with Crippen molar-refractivity contribution in [1.29, 1.82) is 0 Å². The number of carbonyl (C=O) groups is 1. The van der Waals surface area contributed by atoms with Crippen LogP contribution in [-0.2, 0) is 6.54 Å². The Morgan fingerprint density at radius 2 is 1.85 bits per heavy atom. The standard InChI is InChI=1S/C21H29N3O2/c1-15(2)13-24-14-19(17-11-7-8-12-18(17)20(24)25)22-21(26)23(3)16-9-5-4-6-10-16/h7-8,11-12,14-16H,4-6,9-10,13H2,1-3H3,(H,22,26). The van der Waals surface area contributed by atoms with Crippen molar-refractivity contribution in [2.75, 3.05) is 12.4 Å². The molecule has 0 aliphatic heterocycles. The molecule has 5 heteroatoms. The summed E-state index contributed by atoms with van der Waals surface area (Å²) >= 11 is 0. The van der Waals surface area contributed by atoms with E-state index in [1.165, 1.54) is 19.3 Å². The third-order valence-corrected chi connectivity index (χ3v) is 5.24. The van der Waals surface area contributed by atoms with Crippen molar-refractivity contribution in [1.82, 2.24) is 9.47 Å². The van der Waals surface area contributed by atoms with Crippen molar-refractivity contribution in [3.05, 3.63) is 40.8 Å². The van der Waals surface area contributed by atoms with Gasteiger partial charge in [0.2, 0.25) is 0 Å². The molecule has 26 heavy (non-hydrogen) atoms. The van der Waals surface area contributed by atoms with Gasteiger partial charge in [0.05, 0.1) is 5.69 Å². The van der Waals surface area contributed by atoms with Gasteiger partial charge in [0.25, 0.3) is 5.56 Å². The number of urea groups is 1. The van der Waals surface area contributed by atoms with Crippen molar-refractivity contribution in [3.8, 4) is 0 Å². The molecular weight excluding hydrogens is 326 g/mol. The van der Waals surface area contributed by atoms with Crippen LogP contribution >= 0.6 is 0 Å². The largest absolute Gasteiger partial charge is 0.325 e. The average molecular weight is 355 g/mol. The lowest BCUT2D eigenvalue weighted by atomic mass is 9.95. The number of hydrogen-bond acceptors (Lipinski definition) is 2. The van der Waals surface area contributed by atoms with Crippen LogP contribution in [0.2, 0.25) is 0 Å². The number of rotatable bonds is 4. The molecule has 1 fully saturated rings. The minimum Gasteiger partial charge on any atom is -0.325 e. The number of amides is 2. The number of aromatic nitrogens is 1. The van der Waals surface area contributed by atoms with E-state index in [0.717, 1.165) is 18.2 Å². The first-order chi connectivity index (χ1) is 12.5. The van der Waals surface area contributed by atoms with Gasteiger partial charge in [0.15, 0.2) is 0 Å². The third-order valence-electron chi connectivity index (χ3n) is 5.24. The van der Waals surface area contributed by atoms with Gasteiger partial charge in [-0.05, 0) is 24.8 Å². The van der Waals surface area contributed by atoms with Crippen LogP contribution in [0.5, 0.6) is 0 Å². The van der Waals surface area contributed by atoms with Gasteiger partial charge in [0.1, 0.15) is 0 Å². The first-order valence-electron chi connectivity index (χ1n) is 9.63. The van der Waals surface area contributed by atoms with Crippen molar-refractivity contribution in [3.63, 3.8) is 0 Å². The Morgan fingerprint density at radius 1 is 1.19 bits per heavy atom. The van der Waals surface area contributed by atoms with E-state index in [2.05, 4.69) is 19.2 Å². The molecule has 1 N–H and O–H groups in total. The van der Waals surface area contributed by atoms with Crippen LogP contribution in [0.3, 0.4) is 0 Å². The molecule has 2 aromatic rings. The van der Waals surface area contributed by atoms with E-state index in [4.69, 9.17) is 0 Å². The van der Waals surface area contributed by atoms with Crippen molar-refractivity contribution in [2.45, 2.75) is 58.5 Å². The van der Waals surface area contributed by atoms with Gasteiger partial charge in [-0.15, -0.1) is 0 Å². The summed E-state index contributed by atoms with van der Waals surface area (Å²) in [5, 5.41) is 4.49. The van der Waals surface area contributed by atoms with E-state index in [1.54, 1.807) is 10.8 Å². The molecule has 0 saturated heterocycles. The Balaban J connectivity index is 1.92. The number of carbonyl (C=O) groups excluding carboxylic acids is 1. The van der Waals surface area contributed by atoms with Gasteiger partial charge in [0, 0.05) is 36.6 Å². The zero-order valence-electron chi connectivity index (χ0n) is 16.0. The first-order valence-corrected chi connectivity index (χ1v) is 9.63. The normalized spacial score (nSPS) is 15.4. The second-order valence-corrected chi connectivity index (χ2v) is 7.77. The summed E-state index contributed by atoms with van der Waals surface area (Å²) in [5.74, 6) is 0.349. The molecule has 1 aromatic heterocycles. The molecule has 1 saturated carbocycles. The maximum absolute atomic E-state index is 12.8. The number of anilines is 1. The van der Waals surface area contributed by atoms with E-state index >= 15 is 0 Å². The zero-order valence-corrected chi connectivity index (χ0v) is 16.0. The molecule has 0 spiro atoms. The molecule has 2 amide bonds. The summed E-state index contributed by atoms with van der Waals surface area (Å²) in [6.45, 7) is 4.79. The molecule has 1 aromatic carbocycles. The molecule has 1 heterocycles. The fourth-order valence-corrected chi connectivity index (χ4v) is 3.81. The second kappa shape index (κ2) is 7.94. The van der Waals surface area contributed by atoms with E-state index in [-0.39, 0.29) is 11.6 Å². The predicted octanol–water partition coefficient (Wildman–Crippen LogP) is 4.45. The number of pyridine rings is 1. The van der Waals surface area contributed by atoms with Gasteiger partial charge < -0.3 is 14.8 Å². The quantitative estimate of drug-likeness (QED) is 0.881. The highest BCUT2D eigenvalue weighted by molar-refractivity contribution is 6.00. The third kappa shape index (κ3) is 3.92. The maximum atomic E-state index is 12.8. The summed E-state index contributed by atoms with van der Waals surface area (Å²) in [5.41, 5.74) is 0.696. The van der Waals surface area contributed by atoms with Gasteiger partial charge >= 0.3 is 6.03 Å². The lowest BCUT2D eigenvalue weighted by Crippen LogP contribution is -2.41.